The van der Waals surface area contributed by atoms with Crippen molar-refractivity contribution in [3.05, 3.63) is 34.9 Å². The fourth-order valence-electron chi connectivity index (χ4n) is 2.39. The van der Waals surface area contributed by atoms with Gasteiger partial charge in [-0.3, -0.25) is 0 Å². The lowest BCUT2D eigenvalue weighted by molar-refractivity contribution is 0.120. The fourth-order valence-corrected chi connectivity index (χ4v) is 2.60. The molecule has 2 nitrogen and oxygen atoms in total. The molecule has 112 valence electrons. The average molecular weight is 296 g/mol. The van der Waals surface area contributed by atoms with Crippen molar-refractivity contribution >= 4 is 11.6 Å². The molecule has 3 heteroatoms. The minimum Gasteiger partial charge on any atom is -0.381 e. The third-order valence-electron chi connectivity index (χ3n) is 3.70. The Balaban J connectivity index is 1.80. The largest absolute Gasteiger partial charge is 0.381 e. The van der Waals surface area contributed by atoms with Gasteiger partial charge in [-0.2, -0.15) is 0 Å². The maximum atomic E-state index is 6.07. The molecule has 1 fully saturated rings. The zero-order valence-electron chi connectivity index (χ0n) is 12.4. The number of hydrogen-bond donors (Lipinski definition) is 1. The summed E-state index contributed by atoms with van der Waals surface area (Å²) in [7, 11) is 0. The Hall–Kier alpha value is -0.570. The second kappa shape index (κ2) is 8.66. The van der Waals surface area contributed by atoms with E-state index < -0.39 is 0 Å². The molecule has 2 rings (SSSR count). The highest BCUT2D eigenvalue weighted by Gasteiger charge is 2.22. The normalized spacial score (nSPS) is 16.3. The fraction of sp³-hybridized carbons (Fsp3) is 0.647. The summed E-state index contributed by atoms with van der Waals surface area (Å²) in [5.41, 5.74) is 1.33. The zero-order valence-corrected chi connectivity index (χ0v) is 13.2. The lowest BCUT2D eigenvalue weighted by Crippen LogP contribution is -2.27. The van der Waals surface area contributed by atoms with Crippen molar-refractivity contribution in [3.63, 3.8) is 0 Å². The minimum atomic E-state index is 0.630. The van der Waals surface area contributed by atoms with Crippen molar-refractivity contribution in [2.75, 3.05) is 19.8 Å². The van der Waals surface area contributed by atoms with E-state index in [1.807, 2.05) is 12.1 Å². The molecule has 1 aliphatic rings. The van der Waals surface area contributed by atoms with Crippen LogP contribution in [0.25, 0.3) is 0 Å². The molecule has 0 aromatic heterocycles. The molecule has 0 saturated heterocycles. The monoisotopic (exact) mass is 295 g/mol. The molecule has 1 aliphatic carbocycles. The number of ether oxygens (including phenoxy) is 1. The summed E-state index contributed by atoms with van der Waals surface area (Å²) in [6.45, 7) is 4.98. The lowest BCUT2D eigenvalue weighted by atomic mass is 9.96. The first-order valence-electron chi connectivity index (χ1n) is 7.83. The quantitative estimate of drug-likeness (QED) is 0.657. The van der Waals surface area contributed by atoms with Crippen LogP contribution in [0.4, 0.5) is 0 Å². The van der Waals surface area contributed by atoms with Gasteiger partial charge in [0.25, 0.3) is 0 Å². The van der Waals surface area contributed by atoms with Gasteiger partial charge >= 0.3 is 0 Å². The highest BCUT2D eigenvalue weighted by atomic mass is 35.5. The summed E-state index contributed by atoms with van der Waals surface area (Å²) >= 11 is 6.07. The van der Waals surface area contributed by atoms with Gasteiger partial charge < -0.3 is 10.1 Å². The maximum Gasteiger partial charge on any atom is 0.0469 e. The van der Waals surface area contributed by atoms with E-state index in [0.717, 1.165) is 50.1 Å². The Labute approximate surface area is 127 Å². The van der Waals surface area contributed by atoms with E-state index in [0.29, 0.717) is 5.92 Å². The van der Waals surface area contributed by atoms with Gasteiger partial charge in [-0.15, -0.1) is 0 Å². The Morgan fingerprint density at radius 2 is 2.20 bits per heavy atom. The van der Waals surface area contributed by atoms with Gasteiger partial charge in [-0.05, 0) is 62.3 Å². The van der Waals surface area contributed by atoms with Gasteiger partial charge in [0, 0.05) is 24.3 Å². The van der Waals surface area contributed by atoms with Crippen molar-refractivity contribution in [1.82, 2.24) is 5.32 Å². The molecule has 0 aliphatic heterocycles. The van der Waals surface area contributed by atoms with Crippen molar-refractivity contribution in [3.8, 4) is 0 Å². The van der Waals surface area contributed by atoms with Crippen molar-refractivity contribution in [2.24, 2.45) is 5.92 Å². The smallest absolute Gasteiger partial charge is 0.0469 e. The summed E-state index contributed by atoms with van der Waals surface area (Å²) < 4.78 is 5.64. The molecule has 1 atom stereocenters. The van der Waals surface area contributed by atoms with Crippen LogP contribution in [0.2, 0.25) is 5.02 Å². The third kappa shape index (κ3) is 6.25. The number of halogens is 1. The van der Waals surface area contributed by atoms with E-state index in [4.69, 9.17) is 16.3 Å². The van der Waals surface area contributed by atoms with E-state index in [9.17, 15) is 0 Å². The Morgan fingerprint density at radius 1 is 1.35 bits per heavy atom. The van der Waals surface area contributed by atoms with Crippen LogP contribution >= 0.6 is 11.6 Å². The minimum absolute atomic E-state index is 0.630. The van der Waals surface area contributed by atoms with E-state index in [1.54, 1.807) is 0 Å². The van der Waals surface area contributed by atoms with E-state index in [-0.39, 0.29) is 0 Å². The van der Waals surface area contributed by atoms with E-state index in [1.165, 1.54) is 18.4 Å². The molecule has 1 saturated carbocycles. The zero-order chi connectivity index (χ0) is 14.2. The van der Waals surface area contributed by atoms with Crippen LogP contribution in [0.15, 0.2) is 24.3 Å². The number of benzene rings is 1. The standard InChI is InChI=1S/C17H26ClNO/c1-2-9-20-10-8-15(13-19-17-6-7-17)11-14-4-3-5-16(18)12-14/h3-5,12,15,17,19H,2,6-11,13H2,1H3. The highest BCUT2D eigenvalue weighted by molar-refractivity contribution is 6.30. The van der Waals surface area contributed by atoms with Crippen molar-refractivity contribution in [1.29, 1.82) is 0 Å². The van der Waals surface area contributed by atoms with Crippen LogP contribution < -0.4 is 5.32 Å². The van der Waals surface area contributed by atoms with Crippen LogP contribution in [-0.2, 0) is 11.2 Å². The molecular weight excluding hydrogens is 270 g/mol. The highest BCUT2D eigenvalue weighted by Crippen LogP contribution is 2.21. The molecule has 20 heavy (non-hydrogen) atoms. The molecule has 1 aromatic carbocycles. The number of hydrogen-bond acceptors (Lipinski definition) is 2. The third-order valence-corrected chi connectivity index (χ3v) is 3.94. The second-order valence-corrected chi connectivity index (χ2v) is 6.22. The summed E-state index contributed by atoms with van der Waals surface area (Å²) in [5, 5.41) is 4.48. The van der Waals surface area contributed by atoms with Gasteiger partial charge in [0.1, 0.15) is 0 Å². The van der Waals surface area contributed by atoms with Crippen LogP contribution in [0, 0.1) is 5.92 Å². The first-order chi connectivity index (χ1) is 9.78. The Bertz CT molecular complexity index is 392. The predicted octanol–water partition coefficient (Wildman–Crippen LogP) is 4.07. The van der Waals surface area contributed by atoms with Crippen LogP contribution in [-0.4, -0.2) is 25.8 Å². The predicted molar refractivity (Wildman–Crippen MR) is 85.4 cm³/mol. The van der Waals surface area contributed by atoms with Crippen molar-refractivity contribution < 1.29 is 4.74 Å². The Kier molecular flexibility index (Phi) is 6.85. The molecule has 1 N–H and O–H groups in total. The van der Waals surface area contributed by atoms with Gasteiger partial charge in [0.2, 0.25) is 0 Å². The van der Waals surface area contributed by atoms with Gasteiger partial charge in [-0.25, -0.2) is 0 Å². The molecule has 1 unspecified atom stereocenters. The van der Waals surface area contributed by atoms with Crippen LogP contribution in [0.1, 0.15) is 38.2 Å². The molecule has 0 radical (unpaired) electrons. The molecule has 0 spiro atoms. The van der Waals surface area contributed by atoms with Gasteiger partial charge in [0.15, 0.2) is 0 Å². The van der Waals surface area contributed by atoms with E-state index >= 15 is 0 Å². The first-order valence-corrected chi connectivity index (χ1v) is 8.21. The number of rotatable bonds is 10. The lowest BCUT2D eigenvalue weighted by Gasteiger charge is -2.18. The van der Waals surface area contributed by atoms with Gasteiger partial charge in [-0.1, -0.05) is 30.7 Å². The molecule has 0 amide bonds. The summed E-state index contributed by atoms with van der Waals surface area (Å²) in [5.74, 6) is 0.630. The van der Waals surface area contributed by atoms with Crippen LogP contribution in [0.3, 0.4) is 0 Å². The molecule has 0 bridgehead atoms. The Morgan fingerprint density at radius 3 is 2.90 bits per heavy atom. The van der Waals surface area contributed by atoms with Gasteiger partial charge in [0.05, 0.1) is 0 Å². The summed E-state index contributed by atoms with van der Waals surface area (Å²) in [6, 6.07) is 9.00. The van der Waals surface area contributed by atoms with Crippen LogP contribution in [0.5, 0.6) is 0 Å². The summed E-state index contributed by atoms with van der Waals surface area (Å²) in [4.78, 5) is 0. The molecular formula is C17H26ClNO. The molecule has 1 aromatic rings. The summed E-state index contributed by atoms with van der Waals surface area (Å²) in [6.07, 6.45) is 5.98. The van der Waals surface area contributed by atoms with E-state index in [2.05, 4.69) is 24.4 Å². The topological polar surface area (TPSA) is 21.3 Å². The number of nitrogens with one attached hydrogen (secondary N) is 1. The second-order valence-electron chi connectivity index (χ2n) is 5.78. The maximum absolute atomic E-state index is 6.07. The first kappa shape index (κ1) is 15.8. The van der Waals surface area contributed by atoms with Crippen molar-refractivity contribution in [2.45, 2.75) is 45.1 Å². The SMILES string of the molecule is CCCOCCC(CNC1CC1)Cc1cccc(Cl)c1. The average Bonchev–Trinajstić information content (AvgIpc) is 3.25. The molecule has 0 heterocycles.